The molecule has 1 rings (SSSR count). The van der Waals surface area contributed by atoms with E-state index >= 15 is 0 Å². The van der Waals surface area contributed by atoms with Crippen molar-refractivity contribution in [2.45, 2.75) is 84.2 Å². The molecule has 0 spiro atoms. The van der Waals surface area contributed by atoms with Gasteiger partial charge in [-0.3, -0.25) is 9.59 Å². The van der Waals surface area contributed by atoms with Gasteiger partial charge in [0, 0.05) is 18.8 Å². The number of ether oxygens (including phenoxy) is 2. The summed E-state index contributed by atoms with van der Waals surface area (Å²) in [7, 11) is 0. The van der Waals surface area contributed by atoms with Gasteiger partial charge in [-0.05, 0) is 31.1 Å². The summed E-state index contributed by atoms with van der Waals surface area (Å²) in [5.41, 5.74) is 0.0190. The topological polar surface area (TPSA) is 52.6 Å². The van der Waals surface area contributed by atoms with Crippen molar-refractivity contribution in [2.75, 3.05) is 6.61 Å². The van der Waals surface area contributed by atoms with Crippen LogP contribution in [0, 0.1) is 11.3 Å². The molecule has 0 heterocycles. The largest absolute Gasteiger partial charge is 0.462 e. The van der Waals surface area contributed by atoms with E-state index in [4.69, 9.17) is 4.74 Å². The lowest BCUT2D eigenvalue weighted by Gasteiger charge is -2.39. The number of hydrogen-bond acceptors (Lipinski definition) is 4. The second kappa shape index (κ2) is 9.55. The molecule has 0 amide bonds. The third kappa shape index (κ3) is 7.50. The molecule has 0 aromatic rings. The molecule has 0 aromatic heterocycles. The van der Waals surface area contributed by atoms with Crippen LogP contribution in [-0.4, -0.2) is 37.0 Å². The standard InChI is InChI=1S/C18H28F4O4/c1-17(2,3)12-7-4-5-8-13(12)26-15(24)10-6-9-14(23)25-11-18(21,22)16(19)20/h12-13,16H,4-11H2,1-3H3. The summed E-state index contributed by atoms with van der Waals surface area (Å²) in [5.74, 6) is -5.58. The monoisotopic (exact) mass is 384 g/mol. The third-order valence-electron chi connectivity index (χ3n) is 4.60. The summed E-state index contributed by atoms with van der Waals surface area (Å²) in [6, 6.07) is 0. The first-order chi connectivity index (χ1) is 11.9. The van der Waals surface area contributed by atoms with E-state index in [9.17, 15) is 27.2 Å². The number of carbonyl (C=O) groups is 2. The van der Waals surface area contributed by atoms with Crippen molar-refractivity contribution in [2.24, 2.45) is 11.3 Å². The first-order valence-electron chi connectivity index (χ1n) is 8.94. The second-order valence-electron chi connectivity index (χ2n) is 7.86. The van der Waals surface area contributed by atoms with Crippen LogP contribution >= 0.6 is 0 Å². The van der Waals surface area contributed by atoms with Crippen LogP contribution in [-0.2, 0) is 19.1 Å². The quantitative estimate of drug-likeness (QED) is 0.448. The van der Waals surface area contributed by atoms with Crippen LogP contribution in [0.2, 0.25) is 0 Å². The Morgan fingerprint density at radius 3 is 2.19 bits per heavy atom. The number of carbonyl (C=O) groups excluding carboxylic acids is 2. The molecule has 0 bridgehead atoms. The van der Waals surface area contributed by atoms with Crippen LogP contribution in [0.15, 0.2) is 0 Å². The highest BCUT2D eigenvalue weighted by Crippen LogP contribution is 2.39. The Bertz CT molecular complexity index is 474. The molecule has 1 aliphatic carbocycles. The minimum atomic E-state index is -4.36. The second-order valence-corrected chi connectivity index (χ2v) is 7.86. The van der Waals surface area contributed by atoms with E-state index in [1.54, 1.807) is 0 Å². The number of halogens is 4. The summed E-state index contributed by atoms with van der Waals surface area (Å²) in [6.07, 6.45) is -0.449. The molecule has 1 fully saturated rings. The molecule has 1 aliphatic rings. The van der Waals surface area contributed by atoms with Crippen LogP contribution in [0.5, 0.6) is 0 Å². The van der Waals surface area contributed by atoms with Gasteiger partial charge in [-0.1, -0.05) is 27.2 Å². The Kier molecular flexibility index (Phi) is 8.34. The Labute approximate surface area is 151 Å². The molecule has 4 nitrogen and oxygen atoms in total. The summed E-state index contributed by atoms with van der Waals surface area (Å²) >= 11 is 0. The number of hydrogen-bond donors (Lipinski definition) is 0. The molecule has 0 aliphatic heterocycles. The molecule has 2 unspecified atom stereocenters. The minimum Gasteiger partial charge on any atom is -0.462 e. The molecule has 0 radical (unpaired) electrons. The lowest BCUT2D eigenvalue weighted by molar-refractivity contribution is -0.179. The van der Waals surface area contributed by atoms with Crippen LogP contribution < -0.4 is 0 Å². The number of rotatable bonds is 8. The van der Waals surface area contributed by atoms with Gasteiger partial charge in [0.25, 0.3) is 0 Å². The first kappa shape index (κ1) is 22.7. The normalized spacial score (nSPS) is 21.5. The highest BCUT2D eigenvalue weighted by atomic mass is 19.3. The average molecular weight is 384 g/mol. The van der Waals surface area contributed by atoms with E-state index in [1.165, 1.54) is 0 Å². The Hall–Kier alpha value is -1.34. The first-order valence-corrected chi connectivity index (χ1v) is 8.94. The van der Waals surface area contributed by atoms with Crippen molar-refractivity contribution in [3.8, 4) is 0 Å². The molecular formula is C18H28F4O4. The van der Waals surface area contributed by atoms with E-state index in [-0.39, 0.29) is 36.7 Å². The minimum absolute atomic E-state index is 0.0190. The third-order valence-corrected chi connectivity index (χ3v) is 4.60. The average Bonchev–Trinajstić information content (AvgIpc) is 2.52. The Morgan fingerprint density at radius 1 is 1.04 bits per heavy atom. The zero-order valence-electron chi connectivity index (χ0n) is 15.5. The van der Waals surface area contributed by atoms with Gasteiger partial charge in [-0.15, -0.1) is 0 Å². The van der Waals surface area contributed by atoms with Gasteiger partial charge < -0.3 is 9.47 Å². The van der Waals surface area contributed by atoms with Gasteiger partial charge >= 0.3 is 24.3 Å². The molecular weight excluding hydrogens is 356 g/mol. The maximum Gasteiger partial charge on any atom is 0.340 e. The zero-order chi connectivity index (χ0) is 20.0. The fourth-order valence-electron chi connectivity index (χ4n) is 3.15. The molecule has 26 heavy (non-hydrogen) atoms. The molecule has 8 heteroatoms. The Morgan fingerprint density at radius 2 is 1.62 bits per heavy atom. The van der Waals surface area contributed by atoms with E-state index < -0.39 is 30.9 Å². The molecule has 1 saturated carbocycles. The van der Waals surface area contributed by atoms with Crippen LogP contribution in [0.25, 0.3) is 0 Å². The fourth-order valence-corrected chi connectivity index (χ4v) is 3.15. The van der Waals surface area contributed by atoms with Gasteiger partial charge in [0.15, 0.2) is 6.61 Å². The molecule has 152 valence electrons. The molecule has 0 aromatic carbocycles. The maximum atomic E-state index is 12.6. The number of alkyl halides is 4. The highest BCUT2D eigenvalue weighted by Gasteiger charge is 2.42. The van der Waals surface area contributed by atoms with Crippen LogP contribution in [0.1, 0.15) is 65.7 Å². The molecule has 2 atom stereocenters. The van der Waals surface area contributed by atoms with Crippen molar-refractivity contribution in [3.63, 3.8) is 0 Å². The lowest BCUT2D eigenvalue weighted by atomic mass is 9.70. The molecule has 0 N–H and O–H groups in total. The highest BCUT2D eigenvalue weighted by molar-refractivity contribution is 5.72. The van der Waals surface area contributed by atoms with Gasteiger partial charge in [0.2, 0.25) is 0 Å². The predicted octanol–water partition coefficient (Wildman–Crippen LogP) is 4.75. The molecule has 0 saturated heterocycles. The van der Waals surface area contributed by atoms with Crippen molar-refractivity contribution in [3.05, 3.63) is 0 Å². The zero-order valence-corrected chi connectivity index (χ0v) is 15.5. The summed E-state index contributed by atoms with van der Waals surface area (Å²) in [6.45, 7) is 4.66. The van der Waals surface area contributed by atoms with Gasteiger partial charge in [-0.2, -0.15) is 8.78 Å². The van der Waals surface area contributed by atoms with Gasteiger partial charge in [-0.25, -0.2) is 8.78 Å². The van der Waals surface area contributed by atoms with E-state index in [0.717, 1.165) is 25.7 Å². The van der Waals surface area contributed by atoms with Gasteiger partial charge in [0.05, 0.1) is 0 Å². The Balaban J connectivity index is 2.32. The van der Waals surface area contributed by atoms with Crippen molar-refractivity contribution < 1.29 is 36.6 Å². The van der Waals surface area contributed by atoms with E-state index in [2.05, 4.69) is 25.5 Å². The van der Waals surface area contributed by atoms with Crippen LogP contribution in [0.4, 0.5) is 17.6 Å². The predicted molar refractivity (Wildman–Crippen MR) is 87.1 cm³/mol. The van der Waals surface area contributed by atoms with Crippen molar-refractivity contribution in [1.82, 2.24) is 0 Å². The summed E-state index contributed by atoms with van der Waals surface area (Å²) in [4.78, 5) is 23.3. The van der Waals surface area contributed by atoms with Gasteiger partial charge in [0.1, 0.15) is 6.10 Å². The van der Waals surface area contributed by atoms with Crippen molar-refractivity contribution >= 4 is 11.9 Å². The maximum absolute atomic E-state index is 12.6. The van der Waals surface area contributed by atoms with E-state index in [1.807, 2.05) is 0 Å². The summed E-state index contributed by atoms with van der Waals surface area (Å²) in [5, 5.41) is 0. The smallest absolute Gasteiger partial charge is 0.340 e. The van der Waals surface area contributed by atoms with E-state index in [0.29, 0.717) is 0 Å². The number of esters is 2. The van der Waals surface area contributed by atoms with Crippen LogP contribution in [0.3, 0.4) is 0 Å². The van der Waals surface area contributed by atoms with Crippen molar-refractivity contribution in [1.29, 1.82) is 0 Å². The SMILES string of the molecule is CC(C)(C)C1CCCCC1OC(=O)CCCC(=O)OCC(F)(F)C(F)F. The summed E-state index contributed by atoms with van der Waals surface area (Å²) < 4.78 is 58.9. The fraction of sp³-hybridized carbons (Fsp3) is 0.889. The lowest BCUT2D eigenvalue weighted by Crippen LogP contribution is -2.38.